The Hall–Kier alpha value is -2.53. The molecule has 0 spiro atoms. The normalized spacial score (nSPS) is 9.07. The number of carboxylic acid groups (broad SMARTS) is 2. The molecule has 0 fully saturated rings. The fourth-order valence-electron chi connectivity index (χ4n) is 0.976. The highest BCUT2D eigenvalue weighted by molar-refractivity contribution is 5.97. The van der Waals surface area contributed by atoms with Crippen molar-refractivity contribution in [2.75, 3.05) is 0 Å². The van der Waals surface area contributed by atoms with Crippen LogP contribution in [0.1, 0.15) is 20.7 Å². The molecule has 0 unspecified atom stereocenters. The van der Waals surface area contributed by atoms with Crippen molar-refractivity contribution in [1.29, 1.82) is 0 Å². The first-order valence-corrected chi connectivity index (χ1v) is 3.72. The zero-order chi connectivity index (χ0) is 11.4. The van der Waals surface area contributed by atoms with Crippen LogP contribution in [0.4, 0.5) is 5.69 Å². The molecule has 7 nitrogen and oxygen atoms in total. The van der Waals surface area contributed by atoms with Gasteiger partial charge in [0.05, 0.1) is 16.8 Å². The summed E-state index contributed by atoms with van der Waals surface area (Å²) in [6.45, 7) is 0. The van der Waals surface area contributed by atoms with E-state index < -0.39 is 11.9 Å². The number of hydrogen-bond donors (Lipinski definition) is 2. The van der Waals surface area contributed by atoms with Crippen molar-refractivity contribution in [1.82, 2.24) is 0 Å². The van der Waals surface area contributed by atoms with Gasteiger partial charge in [-0.15, -0.1) is 0 Å². The third kappa shape index (κ3) is 2.23. The van der Waals surface area contributed by atoms with Crippen LogP contribution in [0.25, 0.3) is 10.4 Å². The summed E-state index contributed by atoms with van der Waals surface area (Å²) in [5.74, 6) is -2.59. The van der Waals surface area contributed by atoms with E-state index >= 15 is 0 Å². The van der Waals surface area contributed by atoms with Crippen LogP contribution in [0, 0.1) is 0 Å². The molecule has 0 bridgehead atoms. The van der Waals surface area contributed by atoms with Crippen LogP contribution in [0.3, 0.4) is 0 Å². The lowest BCUT2D eigenvalue weighted by Crippen LogP contribution is -2.02. The molecule has 0 aliphatic carbocycles. The molecule has 0 atom stereocenters. The summed E-state index contributed by atoms with van der Waals surface area (Å²) in [6.07, 6.45) is 0. The Kier molecular flexibility index (Phi) is 2.90. The number of rotatable bonds is 3. The van der Waals surface area contributed by atoms with Gasteiger partial charge >= 0.3 is 11.9 Å². The van der Waals surface area contributed by atoms with Gasteiger partial charge in [-0.1, -0.05) is 11.2 Å². The third-order valence-corrected chi connectivity index (χ3v) is 1.63. The molecule has 0 saturated carbocycles. The molecule has 0 aromatic heterocycles. The van der Waals surface area contributed by atoms with Gasteiger partial charge in [0.25, 0.3) is 0 Å². The molecule has 0 amide bonds. The zero-order valence-corrected chi connectivity index (χ0v) is 7.28. The van der Waals surface area contributed by atoms with Gasteiger partial charge < -0.3 is 10.2 Å². The SMILES string of the molecule is [N-]=[N+]=Nc1ccc(C(=O)O)cc1C(=O)O. The van der Waals surface area contributed by atoms with Gasteiger partial charge in [0.1, 0.15) is 0 Å². The molecule has 0 aliphatic rings. The molecule has 76 valence electrons. The lowest BCUT2D eigenvalue weighted by Gasteiger charge is -2.00. The first kappa shape index (κ1) is 10.6. The second-order valence-corrected chi connectivity index (χ2v) is 2.53. The van der Waals surface area contributed by atoms with E-state index in [4.69, 9.17) is 15.7 Å². The highest BCUT2D eigenvalue weighted by Crippen LogP contribution is 2.21. The van der Waals surface area contributed by atoms with Crippen LogP contribution in [-0.2, 0) is 0 Å². The van der Waals surface area contributed by atoms with Crippen LogP contribution < -0.4 is 0 Å². The maximum atomic E-state index is 10.7. The molecular weight excluding hydrogens is 202 g/mol. The van der Waals surface area contributed by atoms with Gasteiger partial charge in [0.2, 0.25) is 0 Å². The minimum atomic E-state index is -1.35. The topological polar surface area (TPSA) is 123 Å². The summed E-state index contributed by atoms with van der Waals surface area (Å²) in [5, 5.41) is 20.5. The Bertz CT molecular complexity index is 477. The third-order valence-electron chi connectivity index (χ3n) is 1.63. The second kappa shape index (κ2) is 4.12. The molecule has 1 rings (SSSR count). The quantitative estimate of drug-likeness (QED) is 0.446. The average molecular weight is 207 g/mol. The van der Waals surface area contributed by atoms with Crippen molar-refractivity contribution in [2.45, 2.75) is 0 Å². The Morgan fingerprint density at radius 3 is 2.40 bits per heavy atom. The molecule has 0 aliphatic heterocycles. The summed E-state index contributed by atoms with van der Waals surface area (Å²) in [5.41, 5.74) is 7.52. The van der Waals surface area contributed by atoms with Gasteiger partial charge in [-0.25, -0.2) is 9.59 Å². The highest BCUT2D eigenvalue weighted by atomic mass is 16.4. The summed E-state index contributed by atoms with van der Waals surface area (Å²) in [6, 6.07) is 3.25. The second-order valence-electron chi connectivity index (χ2n) is 2.53. The number of azide groups is 1. The predicted molar refractivity (Wildman–Crippen MR) is 49.2 cm³/mol. The van der Waals surface area contributed by atoms with Gasteiger partial charge in [-0.3, -0.25) is 0 Å². The average Bonchev–Trinajstić information content (AvgIpc) is 2.18. The van der Waals surface area contributed by atoms with Gasteiger partial charge in [0, 0.05) is 4.91 Å². The minimum Gasteiger partial charge on any atom is -0.478 e. The maximum Gasteiger partial charge on any atom is 0.336 e. The molecule has 1 aromatic carbocycles. The highest BCUT2D eigenvalue weighted by Gasteiger charge is 2.12. The van der Waals surface area contributed by atoms with Crippen molar-refractivity contribution >= 4 is 17.6 Å². The smallest absolute Gasteiger partial charge is 0.336 e. The fraction of sp³-hybridized carbons (Fsp3) is 0. The van der Waals surface area contributed by atoms with Crippen LogP contribution in [0.2, 0.25) is 0 Å². The van der Waals surface area contributed by atoms with E-state index in [1.165, 1.54) is 6.07 Å². The Balaban J connectivity index is 3.39. The fourth-order valence-corrected chi connectivity index (χ4v) is 0.976. The Labute approximate surface area is 83.2 Å². The summed E-state index contributed by atoms with van der Waals surface area (Å²) >= 11 is 0. The van der Waals surface area contributed by atoms with Crippen molar-refractivity contribution in [2.24, 2.45) is 5.11 Å². The van der Waals surface area contributed by atoms with Crippen LogP contribution >= 0.6 is 0 Å². The number of hydrogen-bond acceptors (Lipinski definition) is 3. The number of nitrogens with zero attached hydrogens (tertiary/aromatic N) is 3. The molecule has 0 saturated heterocycles. The standard InChI is InChI=1S/C8H5N3O4/c9-11-10-6-2-1-4(7(12)13)3-5(6)8(14)15/h1-3H,(H,12,13)(H,14,15). The monoisotopic (exact) mass is 207 g/mol. The van der Waals surface area contributed by atoms with Crippen molar-refractivity contribution in [3.63, 3.8) is 0 Å². The zero-order valence-electron chi connectivity index (χ0n) is 7.28. The van der Waals surface area contributed by atoms with Crippen LogP contribution in [0.5, 0.6) is 0 Å². The molecule has 7 heteroatoms. The van der Waals surface area contributed by atoms with E-state index in [9.17, 15) is 9.59 Å². The van der Waals surface area contributed by atoms with Crippen molar-refractivity contribution < 1.29 is 19.8 Å². The largest absolute Gasteiger partial charge is 0.478 e. The summed E-state index contributed by atoms with van der Waals surface area (Å²) in [7, 11) is 0. The van der Waals surface area contributed by atoms with E-state index in [0.29, 0.717) is 0 Å². The van der Waals surface area contributed by atoms with Crippen molar-refractivity contribution in [3.05, 3.63) is 39.8 Å². The van der Waals surface area contributed by atoms with Gasteiger partial charge in [-0.05, 0) is 17.7 Å². The molecular formula is C8H5N3O4. The minimum absolute atomic E-state index is 0.116. The molecule has 0 heterocycles. The van der Waals surface area contributed by atoms with E-state index in [1.807, 2.05) is 0 Å². The number of aromatic carboxylic acids is 2. The van der Waals surface area contributed by atoms with Crippen molar-refractivity contribution in [3.8, 4) is 0 Å². The number of carbonyl (C=O) groups is 2. The first-order valence-electron chi connectivity index (χ1n) is 3.72. The first-order chi connectivity index (χ1) is 7.06. The van der Waals surface area contributed by atoms with E-state index in [2.05, 4.69) is 10.0 Å². The maximum absolute atomic E-state index is 10.7. The number of carboxylic acids is 2. The lowest BCUT2D eigenvalue weighted by atomic mass is 10.1. The Morgan fingerprint density at radius 2 is 1.93 bits per heavy atom. The van der Waals surface area contributed by atoms with E-state index in [-0.39, 0.29) is 16.8 Å². The predicted octanol–water partition coefficient (Wildman–Crippen LogP) is 2.02. The Morgan fingerprint density at radius 1 is 1.27 bits per heavy atom. The number of benzene rings is 1. The summed E-state index contributed by atoms with van der Waals surface area (Å²) in [4.78, 5) is 23.7. The molecule has 2 N–H and O–H groups in total. The molecule has 15 heavy (non-hydrogen) atoms. The molecule has 0 radical (unpaired) electrons. The summed E-state index contributed by atoms with van der Waals surface area (Å²) < 4.78 is 0. The van der Waals surface area contributed by atoms with Crippen LogP contribution in [-0.4, -0.2) is 22.2 Å². The lowest BCUT2D eigenvalue weighted by molar-refractivity contribution is 0.0696. The van der Waals surface area contributed by atoms with Gasteiger partial charge in [-0.2, -0.15) is 0 Å². The van der Waals surface area contributed by atoms with E-state index in [1.54, 1.807) is 0 Å². The van der Waals surface area contributed by atoms with Crippen LogP contribution in [0.15, 0.2) is 23.3 Å². The van der Waals surface area contributed by atoms with E-state index in [0.717, 1.165) is 12.1 Å². The molecule has 1 aromatic rings. The van der Waals surface area contributed by atoms with Gasteiger partial charge in [0.15, 0.2) is 0 Å².